The average Bonchev–Trinajstić information content (AvgIpc) is 2.73. The van der Waals surface area contributed by atoms with Crippen LogP contribution in [0.3, 0.4) is 0 Å². The highest BCUT2D eigenvalue weighted by atomic mass is 32.1. The molecule has 0 aromatic carbocycles. The lowest BCUT2D eigenvalue weighted by Gasteiger charge is -2.14. The summed E-state index contributed by atoms with van der Waals surface area (Å²) in [5, 5.41) is 11.2. The van der Waals surface area contributed by atoms with Crippen molar-refractivity contribution in [3.05, 3.63) is 23.5 Å². The molecule has 0 aliphatic heterocycles. The largest absolute Gasteiger partial charge is 0.481 e. The first-order valence-corrected chi connectivity index (χ1v) is 6.38. The van der Waals surface area contributed by atoms with Gasteiger partial charge in [0.2, 0.25) is 0 Å². The normalized spacial score (nSPS) is 13.1. The summed E-state index contributed by atoms with van der Waals surface area (Å²) < 4.78 is 0.889. The van der Waals surface area contributed by atoms with Crippen molar-refractivity contribution in [1.82, 2.24) is 9.97 Å². The molecule has 0 saturated carbocycles. The number of rotatable bonds is 4. The van der Waals surface area contributed by atoms with Crippen LogP contribution in [0.4, 0.5) is 0 Å². The monoisotopic (exact) mass is 250 g/mol. The summed E-state index contributed by atoms with van der Waals surface area (Å²) in [5.41, 5.74) is 1.47. The number of fused-ring (bicyclic) bond motifs is 1. The van der Waals surface area contributed by atoms with Gasteiger partial charge in [-0.25, -0.2) is 9.97 Å². The van der Waals surface area contributed by atoms with E-state index >= 15 is 0 Å². The number of carboxylic acid groups (broad SMARTS) is 1. The summed E-state index contributed by atoms with van der Waals surface area (Å²) in [5.74, 6) is -1.03. The van der Waals surface area contributed by atoms with Gasteiger partial charge in [-0.2, -0.15) is 0 Å². The molecule has 1 unspecified atom stereocenters. The number of nitrogens with zero attached hydrogens (tertiary/aromatic N) is 2. The lowest BCUT2D eigenvalue weighted by molar-refractivity contribution is -0.139. The summed E-state index contributed by atoms with van der Waals surface area (Å²) in [6.45, 7) is 4.03. The van der Waals surface area contributed by atoms with E-state index in [0.29, 0.717) is 18.0 Å². The highest BCUT2D eigenvalue weighted by molar-refractivity contribution is 7.17. The van der Waals surface area contributed by atoms with Gasteiger partial charge in [-0.1, -0.05) is 13.8 Å². The molecule has 0 aliphatic carbocycles. The molecule has 0 saturated heterocycles. The van der Waals surface area contributed by atoms with Crippen molar-refractivity contribution in [2.45, 2.75) is 26.2 Å². The zero-order valence-electron chi connectivity index (χ0n) is 9.75. The number of thiophene rings is 1. The molecule has 0 amide bonds. The van der Waals surface area contributed by atoms with Crippen LogP contribution in [0.25, 0.3) is 10.2 Å². The van der Waals surface area contributed by atoms with E-state index in [1.807, 2.05) is 25.3 Å². The highest BCUT2D eigenvalue weighted by Crippen LogP contribution is 2.30. The zero-order valence-corrected chi connectivity index (χ0v) is 10.6. The molecule has 2 heterocycles. The molecular formula is C12H14N2O2S. The Balaban J connectivity index is 2.48. The van der Waals surface area contributed by atoms with Gasteiger partial charge in [0.25, 0.3) is 0 Å². The van der Waals surface area contributed by atoms with Gasteiger partial charge in [0.15, 0.2) is 0 Å². The van der Waals surface area contributed by atoms with Crippen LogP contribution in [-0.4, -0.2) is 21.0 Å². The Kier molecular flexibility index (Phi) is 3.38. The van der Waals surface area contributed by atoms with Gasteiger partial charge in [-0.05, 0) is 23.8 Å². The Morgan fingerprint density at radius 1 is 1.47 bits per heavy atom. The van der Waals surface area contributed by atoms with E-state index in [1.54, 1.807) is 0 Å². The number of hydrogen-bond acceptors (Lipinski definition) is 4. The minimum atomic E-state index is -0.813. The molecule has 0 aliphatic rings. The van der Waals surface area contributed by atoms with Gasteiger partial charge in [0.05, 0.1) is 15.9 Å². The minimum absolute atomic E-state index is 0.320. The van der Waals surface area contributed by atoms with E-state index in [-0.39, 0.29) is 0 Å². The van der Waals surface area contributed by atoms with Crippen molar-refractivity contribution in [2.24, 2.45) is 5.92 Å². The molecule has 1 N–H and O–H groups in total. The van der Waals surface area contributed by atoms with Crippen LogP contribution in [0.1, 0.15) is 31.9 Å². The highest BCUT2D eigenvalue weighted by Gasteiger charge is 2.25. The van der Waals surface area contributed by atoms with Crippen LogP contribution in [0.5, 0.6) is 0 Å². The second-order valence-corrected chi connectivity index (χ2v) is 5.33. The van der Waals surface area contributed by atoms with Gasteiger partial charge < -0.3 is 5.11 Å². The molecule has 0 spiro atoms. The van der Waals surface area contributed by atoms with Crippen LogP contribution in [-0.2, 0) is 4.79 Å². The number of aromatic nitrogens is 2. The summed E-state index contributed by atoms with van der Waals surface area (Å²) >= 11 is 1.50. The minimum Gasteiger partial charge on any atom is -0.481 e. The topological polar surface area (TPSA) is 63.1 Å². The van der Waals surface area contributed by atoms with E-state index in [2.05, 4.69) is 9.97 Å². The van der Waals surface area contributed by atoms with Gasteiger partial charge in [-0.15, -0.1) is 11.3 Å². The van der Waals surface area contributed by atoms with Crippen molar-refractivity contribution in [2.75, 3.05) is 0 Å². The van der Waals surface area contributed by atoms with Crippen LogP contribution < -0.4 is 0 Å². The van der Waals surface area contributed by atoms with E-state index in [9.17, 15) is 9.90 Å². The summed E-state index contributed by atoms with van der Waals surface area (Å²) in [7, 11) is 0. The zero-order chi connectivity index (χ0) is 12.4. The first kappa shape index (κ1) is 12.0. The fraction of sp³-hybridized carbons (Fsp3) is 0.417. The van der Waals surface area contributed by atoms with E-state index in [1.165, 1.54) is 17.7 Å². The molecule has 2 aromatic heterocycles. The maximum Gasteiger partial charge on any atom is 0.312 e. The SMILES string of the molecule is CC(C)CC(C(=O)O)c1ncnc2ccsc12. The van der Waals surface area contributed by atoms with Gasteiger partial charge in [-0.3, -0.25) is 4.79 Å². The smallest absolute Gasteiger partial charge is 0.312 e. The first-order chi connectivity index (χ1) is 8.09. The third-order valence-corrected chi connectivity index (χ3v) is 3.53. The molecule has 2 aromatic rings. The van der Waals surface area contributed by atoms with E-state index in [4.69, 9.17) is 0 Å². The average molecular weight is 250 g/mol. The first-order valence-electron chi connectivity index (χ1n) is 5.50. The maximum absolute atomic E-state index is 11.3. The predicted molar refractivity (Wildman–Crippen MR) is 67.2 cm³/mol. The van der Waals surface area contributed by atoms with Crippen molar-refractivity contribution >= 4 is 27.5 Å². The van der Waals surface area contributed by atoms with Crippen molar-refractivity contribution in [3.63, 3.8) is 0 Å². The second-order valence-electron chi connectivity index (χ2n) is 4.41. The molecule has 4 nitrogen and oxygen atoms in total. The third kappa shape index (κ3) is 2.44. The fourth-order valence-electron chi connectivity index (χ4n) is 1.86. The van der Waals surface area contributed by atoms with Crippen LogP contribution >= 0.6 is 11.3 Å². The van der Waals surface area contributed by atoms with Crippen molar-refractivity contribution < 1.29 is 9.90 Å². The number of carboxylic acids is 1. The van der Waals surface area contributed by atoms with E-state index in [0.717, 1.165) is 10.2 Å². The molecular weight excluding hydrogens is 236 g/mol. The summed E-state index contributed by atoms with van der Waals surface area (Å²) in [6.07, 6.45) is 2.04. The molecule has 0 bridgehead atoms. The molecule has 1 atom stereocenters. The molecule has 0 radical (unpaired) electrons. The lowest BCUT2D eigenvalue weighted by Crippen LogP contribution is -2.15. The van der Waals surface area contributed by atoms with Crippen molar-refractivity contribution in [1.29, 1.82) is 0 Å². The number of carbonyl (C=O) groups is 1. The quantitative estimate of drug-likeness (QED) is 0.906. The standard InChI is InChI=1S/C12H14N2O2S/c1-7(2)5-8(12(15)16)10-11-9(3-4-17-11)13-6-14-10/h3-4,6-8H,5H2,1-2H3,(H,15,16). The van der Waals surface area contributed by atoms with Crippen LogP contribution in [0.2, 0.25) is 0 Å². The molecule has 17 heavy (non-hydrogen) atoms. The Hall–Kier alpha value is -1.49. The van der Waals surface area contributed by atoms with Crippen molar-refractivity contribution in [3.8, 4) is 0 Å². The summed E-state index contributed by atoms with van der Waals surface area (Å²) in [4.78, 5) is 19.6. The van der Waals surface area contributed by atoms with Gasteiger partial charge in [0, 0.05) is 0 Å². The lowest BCUT2D eigenvalue weighted by atomic mass is 9.94. The fourth-order valence-corrected chi connectivity index (χ4v) is 2.75. The number of aliphatic carboxylic acids is 1. The van der Waals surface area contributed by atoms with E-state index < -0.39 is 11.9 Å². The Labute approximate surface area is 103 Å². The van der Waals surface area contributed by atoms with Gasteiger partial charge in [0.1, 0.15) is 12.2 Å². The third-order valence-electron chi connectivity index (χ3n) is 2.61. The van der Waals surface area contributed by atoms with Crippen LogP contribution in [0, 0.1) is 5.92 Å². The van der Waals surface area contributed by atoms with Crippen LogP contribution in [0.15, 0.2) is 17.8 Å². The number of hydrogen-bond donors (Lipinski definition) is 1. The molecule has 90 valence electrons. The molecule has 5 heteroatoms. The predicted octanol–water partition coefficient (Wildman–Crippen LogP) is 2.91. The van der Waals surface area contributed by atoms with Gasteiger partial charge >= 0.3 is 5.97 Å². The Bertz CT molecular complexity index is 536. The Morgan fingerprint density at radius 3 is 2.88 bits per heavy atom. The Morgan fingerprint density at radius 2 is 2.24 bits per heavy atom. The summed E-state index contributed by atoms with van der Waals surface area (Å²) in [6, 6.07) is 1.89. The molecule has 2 rings (SSSR count). The molecule has 0 fully saturated rings. The second kappa shape index (κ2) is 4.79. The maximum atomic E-state index is 11.3.